The van der Waals surface area contributed by atoms with Gasteiger partial charge in [0.2, 0.25) is 6.79 Å². The summed E-state index contributed by atoms with van der Waals surface area (Å²) in [5, 5.41) is 3.47. The van der Waals surface area contributed by atoms with Gasteiger partial charge in [0, 0.05) is 10.0 Å². The lowest BCUT2D eigenvalue weighted by atomic mass is 10.1. The molecule has 21 heavy (non-hydrogen) atoms. The van der Waals surface area contributed by atoms with E-state index in [4.69, 9.17) is 9.47 Å². The Labute approximate surface area is 130 Å². The summed E-state index contributed by atoms with van der Waals surface area (Å²) in [6.07, 6.45) is 0. The van der Waals surface area contributed by atoms with Gasteiger partial charge in [0.05, 0.1) is 12.6 Å². The first-order valence-electron chi connectivity index (χ1n) is 6.76. The van der Waals surface area contributed by atoms with Crippen molar-refractivity contribution in [2.45, 2.75) is 6.04 Å². The molecule has 0 aliphatic carbocycles. The Morgan fingerprint density at radius 1 is 1.10 bits per heavy atom. The van der Waals surface area contributed by atoms with Crippen LogP contribution in [0, 0.1) is 0 Å². The van der Waals surface area contributed by atoms with Crippen LogP contribution in [0.15, 0.2) is 51.9 Å². The van der Waals surface area contributed by atoms with Crippen LogP contribution in [0.25, 0.3) is 0 Å². The third-order valence-corrected chi connectivity index (χ3v) is 4.13. The predicted octanol–water partition coefficient (Wildman–Crippen LogP) is 3.27. The van der Waals surface area contributed by atoms with Gasteiger partial charge in [-0.1, -0.05) is 28.1 Å². The van der Waals surface area contributed by atoms with Crippen LogP contribution >= 0.6 is 15.9 Å². The summed E-state index contributed by atoms with van der Waals surface area (Å²) >= 11 is 3.51. The van der Waals surface area contributed by atoms with Crippen molar-refractivity contribution in [1.82, 2.24) is 5.32 Å². The molecule has 4 nitrogen and oxygen atoms in total. The molecule has 1 atom stereocenters. The third kappa shape index (κ3) is 2.38. The predicted molar refractivity (Wildman–Crippen MR) is 84.0 cm³/mol. The van der Waals surface area contributed by atoms with E-state index in [1.54, 1.807) is 0 Å². The number of ether oxygens (including phenoxy) is 2. The minimum atomic E-state index is 0.211. The Balaban J connectivity index is 1.56. The maximum atomic E-state index is 5.41. The van der Waals surface area contributed by atoms with E-state index in [0.717, 1.165) is 33.9 Å². The number of hydrogen-bond acceptors (Lipinski definition) is 4. The van der Waals surface area contributed by atoms with Gasteiger partial charge in [-0.05, 0) is 35.9 Å². The molecule has 0 aromatic heterocycles. The van der Waals surface area contributed by atoms with Gasteiger partial charge in [0.15, 0.2) is 11.5 Å². The Morgan fingerprint density at radius 2 is 2.00 bits per heavy atom. The molecule has 0 saturated carbocycles. The number of benzene rings is 2. The molecule has 0 spiro atoms. The zero-order chi connectivity index (χ0) is 14.2. The molecule has 0 amide bonds. The third-order valence-electron chi connectivity index (χ3n) is 3.64. The van der Waals surface area contributed by atoms with E-state index in [-0.39, 0.29) is 6.04 Å². The lowest BCUT2D eigenvalue weighted by Gasteiger charge is -2.13. The highest BCUT2D eigenvalue weighted by Crippen LogP contribution is 2.33. The van der Waals surface area contributed by atoms with E-state index in [2.05, 4.69) is 38.4 Å². The molecule has 2 aromatic carbocycles. The van der Waals surface area contributed by atoms with Gasteiger partial charge in [-0.3, -0.25) is 4.99 Å². The van der Waals surface area contributed by atoms with E-state index < -0.39 is 0 Å². The van der Waals surface area contributed by atoms with Gasteiger partial charge in [-0.2, -0.15) is 0 Å². The van der Waals surface area contributed by atoms with E-state index in [9.17, 15) is 0 Å². The van der Waals surface area contributed by atoms with Crippen molar-refractivity contribution in [1.29, 1.82) is 0 Å². The zero-order valence-electron chi connectivity index (χ0n) is 11.2. The molecular weight excluding hydrogens is 332 g/mol. The molecule has 1 unspecified atom stereocenters. The van der Waals surface area contributed by atoms with E-state index in [0.29, 0.717) is 6.79 Å². The fourth-order valence-electron chi connectivity index (χ4n) is 2.57. The van der Waals surface area contributed by atoms with Crippen LogP contribution in [0.3, 0.4) is 0 Å². The average molecular weight is 345 g/mol. The Hall–Kier alpha value is -2.01. The average Bonchev–Trinajstić information content (AvgIpc) is 3.15. The van der Waals surface area contributed by atoms with E-state index in [1.165, 1.54) is 5.56 Å². The molecule has 2 aliphatic heterocycles. The SMILES string of the molecule is Brc1cccc(C2CN=C(c3ccc4c(c3)OCO4)N2)c1. The molecular formula is C16H13BrN2O2. The summed E-state index contributed by atoms with van der Waals surface area (Å²) < 4.78 is 11.8. The smallest absolute Gasteiger partial charge is 0.231 e. The van der Waals surface area contributed by atoms with Crippen LogP contribution < -0.4 is 14.8 Å². The maximum absolute atomic E-state index is 5.41. The van der Waals surface area contributed by atoms with Crippen molar-refractivity contribution in [2.75, 3.05) is 13.3 Å². The minimum Gasteiger partial charge on any atom is -0.454 e. The lowest BCUT2D eigenvalue weighted by molar-refractivity contribution is 0.174. The standard InChI is InChI=1S/C16H13BrN2O2/c17-12-3-1-2-10(6-12)13-8-18-16(19-13)11-4-5-14-15(7-11)21-9-20-14/h1-7,13H,8-9H2,(H,18,19). The van der Waals surface area contributed by atoms with Gasteiger partial charge in [-0.25, -0.2) is 0 Å². The summed E-state index contributed by atoms with van der Waals surface area (Å²) in [4.78, 5) is 4.61. The maximum Gasteiger partial charge on any atom is 0.231 e. The van der Waals surface area contributed by atoms with Gasteiger partial charge in [0.25, 0.3) is 0 Å². The number of nitrogens with zero attached hydrogens (tertiary/aromatic N) is 1. The van der Waals surface area contributed by atoms with Gasteiger partial charge in [0.1, 0.15) is 5.84 Å². The molecule has 0 bridgehead atoms. The number of halogens is 1. The van der Waals surface area contributed by atoms with Crippen molar-refractivity contribution >= 4 is 21.8 Å². The number of rotatable bonds is 2. The van der Waals surface area contributed by atoms with Crippen LogP contribution in [0.5, 0.6) is 11.5 Å². The van der Waals surface area contributed by atoms with Crippen LogP contribution in [0.1, 0.15) is 17.2 Å². The minimum absolute atomic E-state index is 0.211. The zero-order valence-corrected chi connectivity index (χ0v) is 12.8. The topological polar surface area (TPSA) is 42.9 Å². The van der Waals surface area contributed by atoms with Gasteiger partial charge >= 0.3 is 0 Å². The molecule has 2 aliphatic rings. The Kier molecular flexibility index (Phi) is 3.07. The number of nitrogens with one attached hydrogen (secondary N) is 1. The molecule has 2 heterocycles. The van der Waals surface area contributed by atoms with Crippen LogP contribution in [-0.2, 0) is 0 Å². The van der Waals surface area contributed by atoms with Crippen molar-refractivity contribution in [3.05, 3.63) is 58.1 Å². The number of hydrogen-bond donors (Lipinski definition) is 1. The van der Waals surface area contributed by atoms with Crippen LogP contribution in [0.2, 0.25) is 0 Å². The fourth-order valence-corrected chi connectivity index (χ4v) is 2.99. The molecule has 5 heteroatoms. The molecule has 106 valence electrons. The van der Waals surface area contributed by atoms with Crippen LogP contribution in [0.4, 0.5) is 0 Å². The largest absolute Gasteiger partial charge is 0.454 e. The molecule has 2 aromatic rings. The molecule has 0 fully saturated rings. The molecule has 4 rings (SSSR count). The van der Waals surface area contributed by atoms with E-state index >= 15 is 0 Å². The van der Waals surface area contributed by atoms with Gasteiger partial charge in [-0.15, -0.1) is 0 Å². The normalized spacial score (nSPS) is 19.3. The molecule has 1 N–H and O–H groups in total. The van der Waals surface area contributed by atoms with Crippen molar-refractivity contribution < 1.29 is 9.47 Å². The highest BCUT2D eigenvalue weighted by molar-refractivity contribution is 9.10. The van der Waals surface area contributed by atoms with Crippen molar-refractivity contribution in [3.8, 4) is 11.5 Å². The number of amidine groups is 1. The second-order valence-electron chi connectivity index (χ2n) is 5.01. The fraction of sp³-hybridized carbons (Fsp3) is 0.188. The van der Waals surface area contributed by atoms with Crippen molar-refractivity contribution in [3.63, 3.8) is 0 Å². The lowest BCUT2D eigenvalue weighted by Crippen LogP contribution is -2.23. The first-order valence-corrected chi connectivity index (χ1v) is 7.55. The summed E-state index contributed by atoms with van der Waals surface area (Å²) in [7, 11) is 0. The molecule has 0 saturated heterocycles. The number of aliphatic imine (C=N–C) groups is 1. The highest BCUT2D eigenvalue weighted by Gasteiger charge is 2.22. The second-order valence-corrected chi connectivity index (χ2v) is 5.92. The summed E-state index contributed by atoms with van der Waals surface area (Å²) in [5.74, 6) is 2.47. The van der Waals surface area contributed by atoms with Gasteiger partial charge < -0.3 is 14.8 Å². The number of fused-ring (bicyclic) bond motifs is 1. The highest BCUT2D eigenvalue weighted by atomic mass is 79.9. The Bertz CT molecular complexity index is 730. The summed E-state index contributed by atoms with van der Waals surface area (Å²) in [6.45, 7) is 1.03. The van der Waals surface area contributed by atoms with Crippen molar-refractivity contribution in [2.24, 2.45) is 4.99 Å². The quantitative estimate of drug-likeness (QED) is 0.909. The summed E-state index contributed by atoms with van der Waals surface area (Å²) in [6, 6.07) is 14.4. The van der Waals surface area contributed by atoms with E-state index in [1.807, 2.05) is 30.3 Å². The first-order chi connectivity index (χ1) is 10.3. The monoisotopic (exact) mass is 344 g/mol. The second kappa shape index (κ2) is 5.07. The Morgan fingerprint density at radius 3 is 2.90 bits per heavy atom. The molecule has 0 radical (unpaired) electrons. The summed E-state index contributed by atoms with van der Waals surface area (Å²) in [5.41, 5.74) is 2.25. The first kappa shape index (κ1) is 12.7. The van der Waals surface area contributed by atoms with Crippen LogP contribution in [-0.4, -0.2) is 19.2 Å².